The Morgan fingerprint density at radius 2 is 1.96 bits per heavy atom. The predicted molar refractivity (Wildman–Crippen MR) is 106 cm³/mol. The van der Waals surface area contributed by atoms with Crippen molar-refractivity contribution in [2.75, 3.05) is 13.2 Å². The number of carbonyl (C=O) groups excluding carboxylic acids is 2. The molecule has 1 aromatic heterocycles. The largest absolute Gasteiger partial charge is 0.326 e. The van der Waals surface area contributed by atoms with Crippen molar-refractivity contribution in [2.45, 2.75) is 44.7 Å². The molecule has 1 fully saturated rings. The van der Waals surface area contributed by atoms with Gasteiger partial charge in [0.2, 0.25) is 0 Å². The van der Waals surface area contributed by atoms with Crippen LogP contribution in [0.2, 0.25) is 0 Å². The third-order valence-corrected chi connectivity index (χ3v) is 6.88. The van der Waals surface area contributed by atoms with Crippen molar-refractivity contribution in [3.05, 3.63) is 57.8 Å². The van der Waals surface area contributed by atoms with Crippen LogP contribution < -0.4 is 5.32 Å². The fourth-order valence-corrected chi connectivity index (χ4v) is 5.32. The highest BCUT2D eigenvalue weighted by atomic mass is 32.1. The van der Waals surface area contributed by atoms with Gasteiger partial charge >= 0.3 is 6.03 Å². The molecule has 0 radical (unpaired) electrons. The maximum Gasteiger partial charge on any atom is 0.326 e. The zero-order valence-electron chi connectivity index (χ0n) is 15.8. The number of urea groups is 1. The van der Waals surface area contributed by atoms with Crippen molar-refractivity contribution in [3.8, 4) is 0 Å². The molecule has 6 heteroatoms. The molecular weight excluding hydrogens is 358 g/mol. The average Bonchev–Trinajstić information content (AvgIpc) is 3.27. The van der Waals surface area contributed by atoms with Crippen molar-refractivity contribution >= 4 is 23.3 Å². The molecule has 3 heterocycles. The summed E-state index contributed by atoms with van der Waals surface area (Å²) in [4.78, 5) is 31.2. The molecule has 2 aliphatic rings. The molecule has 2 aromatic rings. The first-order valence-electron chi connectivity index (χ1n) is 9.60. The number of carbonyl (C=O) groups is 2. The second-order valence-corrected chi connectivity index (χ2v) is 8.22. The summed E-state index contributed by atoms with van der Waals surface area (Å²) in [6.07, 6.45) is 2.47. The van der Waals surface area contributed by atoms with Crippen LogP contribution in [0, 0.1) is 0 Å². The van der Waals surface area contributed by atoms with Gasteiger partial charge in [0.25, 0.3) is 5.91 Å². The second kappa shape index (κ2) is 7.09. The molecule has 1 saturated heterocycles. The van der Waals surface area contributed by atoms with E-state index in [1.165, 1.54) is 15.3 Å². The summed E-state index contributed by atoms with van der Waals surface area (Å²) >= 11 is 1.80. The molecule has 0 spiro atoms. The topological polar surface area (TPSA) is 52.6 Å². The lowest BCUT2D eigenvalue weighted by atomic mass is 9.87. The summed E-state index contributed by atoms with van der Waals surface area (Å²) in [6.45, 7) is 5.32. The Morgan fingerprint density at radius 1 is 1.19 bits per heavy atom. The summed E-state index contributed by atoms with van der Waals surface area (Å²) in [5, 5.41) is 5.12. The number of amides is 3. The predicted octanol–water partition coefficient (Wildman–Crippen LogP) is 3.87. The summed E-state index contributed by atoms with van der Waals surface area (Å²) in [5.41, 5.74) is 1.24. The molecule has 2 atom stereocenters. The van der Waals surface area contributed by atoms with Gasteiger partial charge in [-0.2, -0.15) is 0 Å². The molecule has 2 aliphatic heterocycles. The number of nitrogens with zero attached hydrogens (tertiary/aromatic N) is 2. The SMILES string of the molecule is CC[C@@H]1c2ccsc2CCN1CN1C(=O)N[C@](CC)(c2ccccc2)C1=O. The van der Waals surface area contributed by atoms with Gasteiger partial charge in [0, 0.05) is 17.5 Å². The number of benzene rings is 1. The van der Waals surface area contributed by atoms with Gasteiger partial charge in [-0.25, -0.2) is 9.69 Å². The van der Waals surface area contributed by atoms with Gasteiger partial charge in [0.05, 0.1) is 6.67 Å². The van der Waals surface area contributed by atoms with Gasteiger partial charge in [-0.15, -0.1) is 11.3 Å². The Balaban J connectivity index is 1.60. The number of rotatable bonds is 5. The first kappa shape index (κ1) is 18.2. The Hall–Kier alpha value is -2.18. The van der Waals surface area contributed by atoms with E-state index in [9.17, 15) is 9.59 Å². The van der Waals surface area contributed by atoms with Crippen molar-refractivity contribution in [1.29, 1.82) is 0 Å². The number of fused-ring (bicyclic) bond motifs is 1. The van der Waals surface area contributed by atoms with Gasteiger partial charge in [-0.05, 0) is 41.8 Å². The minimum absolute atomic E-state index is 0.146. The smallest absolute Gasteiger partial charge is 0.319 e. The number of nitrogens with one attached hydrogen (secondary N) is 1. The van der Waals surface area contributed by atoms with E-state index in [-0.39, 0.29) is 18.0 Å². The molecule has 0 aliphatic carbocycles. The van der Waals surface area contributed by atoms with E-state index >= 15 is 0 Å². The summed E-state index contributed by atoms with van der Waals surface area (Å²) in [6, 6.07) is 11.7. The maximum atomic E-state index is 13.4. The van der Waals surface area contributed by atoms with E-state index in [0.717, 1.165) is 24.9 Å². The van der Waals surface area contributed by atoms with Crippen LogP contribution in [0.5, 0.6) is 0 Å². The molecule has 0 unspecified atom stereocenters. The number of hydrogen-bond acceptors (Lipinski definition) is 4. The minimum atomic E-state index is -0.955. The number of imide groups is 1. The molecular formula is C21H25N3O2S. The minimum Gasteiger partial charge on any atom is -0.319 e. The Morgan fingerprint density at radius 3 is 2.67 bits per heavy atom. The monoisotopic (exact) mass is 383 g/mol. The van der Waals surface area contributed by atoms with Crippen LogP contribution in [0.4, 0.5) is 4.79 Å². The fourth-order valence-electron chi connectivity index (χ4n) is 4.39. The van der Waals surface area contributed by atoms with Crippen LogP contribution in [0.3, 0.4) is 0 Å². The molecule has 27 heavy (non-hydrogen) atoms. The van der Waals surface area contributed by atoms with Gasteiger partial charge in [-0.1, -0.05) is 44.2 Å². The van der Waals surface area contributed by atoms with Crippen molar-refractivity contribution < 1.29 is 9.59 Å². The molecule has 3 amide bonds. The molecule has 1 aromatic carbocycles. The van der Waals surface area contributed by atoms with Gasteiger partial charge in [0.15, 0.2) is 0 Å². The van der Waals surface area contributed by atoms with Gasteiger partial charge in [-0.3, -0.25) is 9.69 Å². The molecule has 0 saturated carbocycles. The Kier molecular flexibility index (Phi) is 4.78. The molecule has 5 nitrogen and oxygen atoms in total. The van der Waals surface area contributed by atoms with E-state index in [4.69, 9.17) is 0 Å². The van der Waals surface area contributed by atoms with E-state index in [0.29, 0.717) is 13.1 Å². The second-order valence-electron chi connectivity index (χ2n) is 7.22. The summed E-state index contributed by atoms with van der Waals surface area (Å²) in [5.74, 6) is -0.146. The van der Waals surface area contributed by atoms with Crippen LogP contribution in [0.1, 0.15) is 48.7 Å². The first-order valence-corrected chi connectivity index (χ1v) is 10.5. The first-order chi connectivity index (χ1) is 13.1. The van der Waals surface area contributed by atoms with Crippen LogP contribution in [0.15, 0.2) is 41.8 Å². The number of hydrogen-bond donors (Lipinski definition) is 1. The van der Waals surface area contributed by atoms with E-state index < -0.39 is 5.54 Å². The third kappa shape index (κ3) is 2.87. The van der Waals surface area contributed by atoms with Crippen molar-refractivity contribution in [3.63, 3.8) is 0 Å². The lowest BCUT2D eigenvalue weighted by Crippen LogP contribution is -2.47. The normalized spacial score (nSPS) is 25.6. The van der Waals surface area contributed by atoms with Crippen LogP contribution in [0.25, 0.3) is 0 Å². The van der Waals surface area contributed by atoms with Crippen LogP contribution >= 0.6 is 11.3 Å². The van der Waals surface area contributed by atoms with Gasteiger partial charge in [0.1, 0.15) is 5.54 Å². The summed E-state index contributed by atoms with van der Waals surface area (Å²) < 4.78 is 0. The lowest BCUT2D eigenvalue weighted by Gasteiger charge is -2.37. The zero-order chi connectivity index (χ0) is 19.0. The Bertz CT molecular complexity index is 850. The third-order valence-electron chi connectivity index (χ3n) is 5.89. The van der Waals surface area contributed by atoms with Crippen LogP contribution in [-0.4, -0.2) is 35.0 Å². The highest BCUT2D eigenvalue weighted by Crippen LogP contribution is 2.37. The molecule has 0 bridgehead atoms. The maximum absolute atomic E-state index is 13.4. The molecule has 1 N–H and O–H groups in total. The number of thiophene rings is 1. The molecule has 142 valence electrons. The van der Waals surface area contributed by atoms with E-state index in [1.807, 2.05) is 37.3 Å². The fraction of sp³-hybridized carbons (Fsp3) is 0.429. The quantitative estimate of drug-likeness (QED) is 0.798. The highest BCUT2D eigenvalue weighted by molar-refractivity contribution is 7.10. The highest BCUT2D eigenvalue weighted by Gasteiger charge is 2.51. The van der Waals surface area contributed by atoms with E-state index in [1.54, 1.807) is 11.3 Å². The Labute approximate surface area is 164 Å². The molecule has 4 rings (SSSR count). The van der Waals surface area contributed by atoms with Crippen molar-refractivity contribution in [1.82, 2.24) is 15.1 Å². The van der Waals surface area contributed by atoms with Gasteiger partial charge < -0.3 is 5.32 Å². The average molecular weight is 384 g/mol. The zero-order valence-corrected chi connectivity index (χ0v) is 16.6. The van der Waals surface area contributed by atoms with Crippen LogP contribution in [-0.2, 0) is 16.8 Å². The van der Waals surface area contributed by atoms with Crippen molar-refractivity contribution in [2.24, 2.45) is 0 Å². The van der Waals surface area contributed by atoms with E-state index in [2.05, 4.69) is 28.6 Å². The standard InChI is InChI=1S/C21H25N3O2S/c1-3-17-16-11-13-27-18(16)10-12-23(17)14-24-19(25)21(4-2,22-20(24)26)15-8-6-5-7-9-15/h5-9,11,13,17H,3-4,10,12,14H2,1-2H3,(H,22,26)/t17-,21-/m1/s1. The summed E-state index contributed by atoms with van der Waals surface area (Å²) in [7, 11) is 0. The lowest BCUT2D eigenvalue weighted by molar-refractivity contribution is -0.133.